The first-order valence-electron chi connectivity index (χ1n) is 6.50. The number of amides is 1. The number of alkyl halides is 2. The van der Waals surface area contributed by atoms with Gasteiger partial charge in [-0.3, -0.25) is 4.79 Å². The van der Waals surface area contributed by atoms with Crippen molar-refractivity contribution >= 4 is 5.91 Å². The van der Waals surface area contributed by atoms with E-state index in [0.717, 1.165) is 12.1 Å². The molecule has 1 aromatic heterocycles. The van der Waals surface area contributed by atoms with Gasteiger partial charge >= 0.3 is 0 Å². The molecular weight excluding hydrogens is 250 g/mol. The highest BCUT2D eigenvalue weighted by Gasteiger charge is 2.40. The zero-order chi connectivity index (χ0) is 14.0. The summed E-state index contributed by atoms with van der Waals surface area (Å²) in [5, 5.41) is 0. The minimum absolute atomic E-state index is 0.0991. The molecule has 1 amide bonds. The van der Waals surface area contributed by atoms with E-state index in [2.05, 4.69) is 18.8 Å². The first-order chi connectivity index (χ1) is 8.87. The summed E-state index contributed by atoms with van der Waals surface area (Å²) < 4.78 is 26.2. The van der Waals surface area contributed by atoms with Crippen molar-refractivity contribution in [3.05, 3.63) is 29.6 Å². The van der Waals surface area contributed by atoms with E-state index in [1.54, 1.807) is 12.1 Å². The fourth-order valence-electron chi connectivity index (χ4n) is 2.20. The van der Waals surface area contributed by atoms with Crippen LogP contribution in [0.25, 0.3) is 0 Å². The van der Waals surface area contributed by atoms with Gasteiger partial charge in [0.2, 0.25) is 0 Å². The van der Waals surface area contributed by atoms with Crippen molar-refractivity contribution in [3.63, 3.8) is 0 Å². The molecule has 1 aliphatic rings. The number of carbonyl (C=O) groups excluding carboxylic acids is 1. The summed E-state index contributed by atoms with van der Waals surface area (Å²) >= 11 is 0. The zero-order valence-corrected chi connectivity index (χ0v) is 11.2. The summed E-state index contributed by atoms with van der Waals surface area (Å²) in [6.07, 6.45) is 0.516. The molecule has 2 heterocycles. The maximum absolute atomic E-state index is 13.1. The Morgan fingerprint density at radius 3 is 2.79 bits per heavy atom. The first kappa shape index (κ1) is 13.9. The summed E-state index contributed by atoms with van der Waals surface area (Å²) in [6.45, 7) is 3.73. The van der Waals surface area contributed by atoms with Crippen LogP contribution in [-0.2, 0) is 6.42 Å². The molecule has 19 heavy (non-hydrogen) atoms. The molecule has 0 aliphatic carbocycles. The Morgan fingerprint density at radius 2 is 2.21 bits per heavy atom. The smallest absolute Gasteiger partial charge is 0.272 e. The highest BCUT2D eigenvalue weighted by Crippen LogP contribution is 2.27. The molecule has 104 valence electrons. The second-order valence-corrected chi connectivity index (χ2v) is 5.44. The van der Waals surface area contributed by atoms with E-state index in [9.17, 15) is 13.6 Å². The molecule has 5 heteroatoms. The van der Waals surface area contributed by atoms with E-state index in [-0.39, 0.29) is 18.7 Å². The van der Waals surface area contributed by atoms with Crippen LogP contribution in [0.4, 0.5) is 8.78 Å². The highest BCUT2D eigenvalue weighted by atomic mass is 19.3. The second-order valence-electron chi connectivity index (χ2n) is 5.44. The minimum Gasteiger partial charge on any atom is -0.331 e. The Morgan fingerprint density at radius 1 is 1.47 bits per heavy atom. The van der Waals surface area contributed by atoms with Gasteiger partial charge in [-0.15, -0.1) is 0 Å². The Kier molecular flexibility index (Phi) is 3.83. The lowest BCUT2D eigenvalue weighted by atomic mass is 10.1. The summed E-state index contributed by atoms with van der Waals surface area (Å²) in [5.74, 6) is -2.72. The fourth-order valence-corrected chi connectivity index (χ4v) is 2.20. The second kappa shape index (κ2) is 5.23. The number of pyridine rings is 1. The van der Waals surface area contributed by atoms with Crippen molar-refractivity contribution in [2.24, 2.45) is 5.92 Å². The van der Waals surface area contributed by atoms with Crippen LogP contribution in [0.5, 0.6) is 0 Å². The van der Waals surface area contributed by atoms with E-state index >= 15 is 0 Å². The van der Waals surface area contributed by atoms with Crippen molar-refractivity contribution < 1.29 is 13.6 Å². The predicted octanol–water partition coefficient (Wildman–Crippen LogP) is 2.76. The third-order valence-corrected chi connectivity index (χ3v) is 3.10. The average Bonchev–Trinajstić information content (AvgIpc) is 2.68. The molecule has 0 aromatic carbocycles. The number of nitrogens with zero attached hydrogens (tertiary/aromatic N) is 2. The van der Waals surface area contributed by atoms with E-state index in [1.807, 2.05) is 6.07 Å². The van der Waals surface area contributed by atoms with Gasteiger partial charge in [0.05, 0.1) is 6.54 Å². The molecule has 0 N–H and O–H groups in total. The van der Waals surface area contributed by atoms with E-state index in [1.165, 1.54) is 4.90 Å². The third-order valence-electron chi connectivity index (χ3n) is 3.10. The maximum Gasteiger partial charge on any atom is 0.272 e. The molecule has 1 aromatic rings. The molecule has 0 unspecified atom stereocenters. The number of rotatable bonds is 3. The Labute approximate surface area is 111 Å². The molecule has 0 saturated carbocycles. The topological polar surface area (TPSA) is 33.2 Å². The number of hydrogen-bond donors (Lipinski definition) is 0. The van der Waals surface area contributed by atoms with Crippen molar-refractivity contribution in [2.75, 3.05) is 13.1 Å². The van der Waals surface area contributed by atoms with Crippen LogP contribution in [0.15, 0.2) is 18.2 Å². The van der Waals surface area contributed by atoms with Gasteiger partial charge in [0.1, 0.15) is 5.69 Å². The van der Waals surface area contributed by atoms with Crippen LogP contribution < -0.4 is 0 Å². The molecular formula is C14H18F2N2O. The van der Waals surface area contributed by atoms with Crippen LogP contribution >= 0.6 is 0 Å². The van der Waals surface area contributed by atoms with Crippen molar-refractivity contribution in [1.29, 1.82) is 0 Å². The largest absolute Gasteiger partial charge is 0.331 e. The Balaban J connectivity index is 2.11. The summed E-state index contributed by atoms with van der Waals surface area (Å²) in [7, 11) is 0. The van der Waals surface area contributed by atoms with Crippen LogP contribution in [0.2, 0.25) is 0 Å². The molecule has 1 aliphatic heterocycles. The SMILES string of the molecule is CC(C)Cc1cccc(C(=O)N2CCC(F)(F)C2)n1. The molecule has 0 spiro atoms. The summed E-state index contributed by atoms with van der Waals surface area (Å²) in [5.41, 5.74) is 1.09. The van der Waals surface area contributed by atoms with Gasteiger partial charge in [-0.1, -0.05) is 19.9 Å². The quantitative estimate of drug-likeness (QED) is 0.844. The zero-order valence-electron chi connectivity index (χ0n) is 11.2. The van der Waals surface area contributed by atoms with Gasteiger partial charge in [-0.25, -0.2) is 13.8 Å². The minimum atomic E-state index is -2.76. The molecule has 0 bridgehead atoms. The number of aromatic nitrogens is 1. The summed E-state index contributed by atoms with van der Waals surface area (Å²) in [4.78, 5) is 17.6. The lowest BCUT2D eigenvalue weighted by molar-refractivity contribution is 0.0119. The van der Waals surface area contributed by atoms with E-state index in [4.69, 9.17) is 0 Å². The monoisotopic (exact) mass is 268 g/mol. The molecule has 1 fully saturated rings. The lowest BCUT2D eigenvalue weighted by Crippen LogP contribution is -2.32. The van der Waals surface area contributed by atoms with E-state index < -0.39 is 18.4 Å². The van der Waals surface area contributed by atoms with Crippen LogP contribution in [0.3, 0.4) is 0 Å². The Hall–Kier alpha value is -1.52. The predicted molar refractivity (Wildman–Crippen MR) is 68.2 cm³/mol. The van der Waals surface area contributed by atoms with Gasteiger partial charge < -0.3 is 4.90 Å². The molecule has 0 radical (unpaired) electrons. The third kappa shape index (κ3) is 3.49. The van der Waals surface area contributed by atoms with Crippen LogP contribution in [-0.4, -0.2) is 34.8 Å². The van der Waals surface area contributed by atoms with Gasteiger partial charge in [0, 0.05) is 18.7 Å². The fraction of sp³-hybridized carbons (Fsp3) is 0.571. The van der Waals surface area contributed by atoms with Gasteiger partial charge in [-0.05, 0) is 24.5 Å². The molecule has 3 nitrogen and oxygen atoms in total. The number of carbonyl (C=O) groups is 1. The van der Waals surface area contributed by atoms with Crippen molar-refractivity contribution in [3.8, 4) is 0 Å². The van der Waals surface area contributed by atoms with Crippen LogP contribution in [0.1, 0.15) is 36.5 Å². The van der Waals surface area contributed by atoms with Crippen molar-refractivity contribution in [1.82, 2.24) is 9.88 Å². The number of likely N-dealkylation sites (tertiary alicyclic amines) is 1. The van der Waals surface area contributed by atoms with Gasteiger partial charge in [-0.2, -0.15) is 0 Å². The summed E-state index contributed by atoms with van der Waals surface area (Å²) in [6, 6.07) is 5.20. The van der Waals surface area contributed by atoms with E-state index in [0.29, 0.717) is 5.92 Å². The lowest BCUT2D eigenvalue weighted by Gasteiger charge is -2.16. The molecule has 1 saturated heterocycles. The average molecular weight is 268 g/mol. The molecule has 2 rings (SSSR count). The molecule has 0 atom stereocenters. The number of hydrogen-bond acceptors (Lipinski definition) is 2. The van der Waals surface area contributed by atoms with Crippen LogP contribution in [0, 0.1) is 5.92 Å². The standard InChI is InChI=1S/C14H18F2N2O/c1-10(2)8-11-4-3-5-12(17-11)13(19)18-7-6-14(15,16)9-18/h3-5,10H,6-9H2,1-2H3. The number of halogens is 2. The van der Waals surface area contributed by atoms with Crippen molar-refractivity contribution in [2.45, 2.75) is 32.6 Å². The Bertz CT molecular complexity index is 474. The van der Waals surface area contributed by atoms with Gasteiger partial charge in [0.15, 0.2) is 0 Å². The van der Waals surface area contributed by atoms with Gasteiger partial charge in [0.25, 0.3) is 11.8 Å². The maximum atomic E-state index is 13.1. The highest BCUT2D eigenvalue weighted by molar-refractivity contribution is 5.92. The normalized spacial score (nSPS) is 18.1. The first-order valence-corrected chi connectivity index (χ1v) is 6.50.